The SMILES string of the molecule is O=C1CC(NCCOCC(F)(F)F)CCCN1. The van der Waals surface area contributed by atoms with Crippen LogP contribution < -0.4 is 10.6 Å². The molecule has 0 saturated carbocycles. The molecule has 0 aliphatic carbocycles. The number of carbonyl (C=O) groups is 1. The van der Waals surface area contributed by atoms with Gasteiger partial charge in [0.2, 0.25) is 5.91 Å². The van der Waals surface area contributed by atoms with Crippen LogP contribution in [-0.2, 0) is 9.53 Å². The second-order valence-electron chi connectivity index (χ2n) is 4.02. The summed E-state index contributed by atoms with van der Waals surface area (Å²) in [4.78, 5) is 11.2. The minimum Gasteiger partial charge on any atom is -0.371 e. The summed E-state index contributed by atoms with van der Waals surface area (Å²) in [5.74, 6) is -0.0174. The lowest BCUT2D eigenvalue weighted by Crippen LogP contribution is -2.35. The first-order chi connectivity index (χ1) is 7.97. The summed E-state index contributed by atoms with van der Waals surface area (Å²) in [6.07, 6.45) is -2.17. The molecule has 1 heterocycles. The second-order valence-corrected chi connectivity index (χ2v) is 4.02. The third-order valence-electron chi connectivity index (χ3n) is 2.43. The van der Waals surface area contributed by atoms with Gasteiger partial charge >= 0.3 is 6.18 Å². The van der Waals surface area contributed by atoms with Crippen molar-refractivity contribution in [1.82, 2.24) is 10.6 Å². The lowest BCUT2D eigenvalue weighted by Gasteiger charge is -2.15. The Balaban J connectivity index is 2.07. The lowest BCUT2D eigenvalue weighted by atomic mass is 10.1. The third kappa shape index (κ3) is 7.17. The molecule has 17 heavy (non-hydrogen) atoms. The van der Waals surface area contributed by atoms with Crippen molar-refractivity contribution < 1.29 is 22.7 Å². The number of hydrogen-bond donors (Lipinski definition) is 2. The van der Waals surface area contributed by atoms with E-state index in [1.54, 1.807) is 0 Å². The van der Waals surface area contributed by atoms with Gasteiger partial charge in [-0.1, -0.05) is 0 Å². The van der Waals surface area contributed by atoms with E-state index in [9.17, 15) is 18.0 Å². The molecular weight excluding hydrogens is 237 g/mol. The van der Waals surface area contributed by atoms with Crippen LogP contribution in [0.4, 0.5) is 13.2 Å². The molecule has 4 nitrogen and oxygen atoms in total. The Labute approximate surface area is 97.9 Å². The molecule has 0 radical (unpaired) electrons. The van der Waals surface area contributed by atoms with Crippen LogP contribution in [0, 0.1) is 0 Å². The molecule has 7 heteroatoms. The van der Waals surface area contributed by atoms with Gasteiger partial charge in [0, 0.05) is 25.6 Å². The molecule has 1 fully saturated rings. The van der Waals surface area contributed by atoms with Gasteiger partial charge in [0.15, 0.2) is 0 Å². The fraction of sp³-hybridized carbons (Fsp3) is 0.900. The standard InChI is InChI=1S/C10H17F3N2O2/c11-10(12,13)7-17-5-4-14-8-2-1-3-15-9(16)6-8/h8,14H,1-7H2,(H,15,16). The second kappa shape index (κ2) is 6.80. The fourth-order valence-corrected chi connectivity index (χ4v) is 1.67. The van der Waals surface area contributed by atoms with Gasteiger partial charge in [-0.05, 0) is 12.8 Å². The predicted molar refractivity (Wildman–Crippen MR) is 55.5 cm³/mol. The van der Waals surface area contributed by atoms with Crippen LogP contribution in [0.15, 0.2) is 0 Å². The highest BCUT2D eigenvalue weighted by Gasteiger charge is 2.27. The largest absolute Gasteiger partial charge is 0.411 e. The van der Waals surface area contributed by atoms with E-state index in [-0.39, 0.29) is 18.6 Å². The van der Waals surface area contributed by atoms with Crippen LogP contribution in [0.3, 0.4) is 0 Å². The van der Waals surface area contributed by atoms with Crippen molar-refractivity contribution in [2.24, 2.45) is 0 Å². The van der Waals surface area contributed by atoms with Gasteiger partial charge in [-0.15, -0.1) is 0 Å². The van der Waals surface area contributed by atoms with E-state index in [1.807, 2.05) is 0 Å². The molecule has 0 bridgehead atoms. The van der Waals surface area contributed by atoms with Gasteiger partial charge in [-0.2, -0.15) is 13.2 Å². The summed E-state index contributed by atoms with van der Waals surface area (Å²) in [5, 5.41) is 5.76. The summed E-state index contributed by atoms with van der Waals surface area (Å²) in [6, 6.07) is 0.0342. The van der Waals surface area contributed by atoms with Crippen LogP contribution in [0.5, 0.6) is 0 Å². The number of halogens is 3. The lowest BCUT2D eigenvalue weighted by molar-refractivity contribution is -0.173. The van der Waals surface area contributed by atoms with E-state index in [2.05, 4.69) is 15.4 Å². The predicted octanol–water partition coefficient (Wildman–Crippen LogP) is 0.824. The van der Waals surface area contributed by atoms with Crippen LogP contribution in [0.1, 0.15) is 19.3 Å². The van der Waals surface area contributed by atoms with Gasteiger partial charge < -0.3 is 15.4 Å². The molecule has 0 spiro atoms. The number of amides is 1. The summed E-state index contributed by atoms with van der Waals surface area (Å²) < 4.78 is 39.7. The van der Waals surface area contributed by atoms with Crippen molar-refractivity contribution in [2.45, 2.75) is 31.5 Å². The van der Waals surface area contributed by atoms with E-state index >= 15 is 0 Å². The van der Waals surface area contributed by atoms with Crippen molar-refractivity contribution in [3.8, 4) is 0 Å². The number of rotatable bonds is 5. The minimum absolute atomic E-state index is 0.00235. The van der Waals surface area contributed by atoms with Gasteiger partial charge in [-0.25, -0.2) is 0 Å². The molecule has 1 saturated heterocycles. The summed E-state index contributed by atoms with van der Waals surface area (Å²) >= 11 is 0. The molecule has 1 atom stereocenters. The zero-order chi connectivity index (χ0) is 12.7. The molecule has 0 aromatic carbocycles. The first-order valence-electron chi connectivity index (χ1n) is 5.62. The molecule has 2 N–H and O–H groups in total. The maximum atomic E-state index is 11.7. The van der Waals surface area contributed by atoms with Crippen molar-refractivity contribution in [2.75, 3.05) is 26.3 Å². The van der Waals surface area contributed by atoms with E-state index in [0.29, 0.717) is 19.5 Å². The Morgan fingerprint density at radius 3 is 2.94 bits per heavy atom. The number of ether oxygens (including phenoxy) is 1. The van der Waals surface area contributed by atoms with E-state index in [4.69, 9.17) is 0 Å². The summed E-state index contributed by atoms with van der Waals surface area (Å²) in [7, 11) is 0. The van der Waals surface area contributed by atoms with Crippen molar-refractivity contribution >= 4 is 5.91 Å². The maximum Gasteiger partial charge on any atom is 0.411 e. The Bertz CT molecular complexity index is 246. The Kier molecular flexibility index (Phi) is 5.70. The summed E-state index contributed by atoms with van der Waals surface area (Å²) in [5.41, 5.74) is 0. The van der Waals surface area contributed by atoms with Gasteiger partial charge in [0.05, 0.1) is 6.61 Å². The van der Waals surface area contributed by atoms with E-state index in [0.717, 1.165) is 12.8 Å². The highest BCUT2D eigenvalue weighted by molar-refractivity contribution is 5.76. The first-order valence-corrected chi connectivity index (χ1v) is 5.62. The number of nitrogens with one attached hydrogen (secondary N) is 2. The van der Waals surface area contributed by atoms with Gasteiger partial charge in [0.1, 0.15) is 6.61 Å². The molecule has 1 aliphatic rings. The monoisotopic (exact) mass is 254 g/mol. The number of hydrogen-bond acceptors (Lipinski definition) is 3. The van der Waals surface area contributed by atoms with Crippen molar-refractivity contribution in [3.63, 3.8) is 0 Å². The normalized spacial score (nSPS) is 22.1. The Morgan fingerprint density at radius 2 is 2.24 bits per heavy atom. The Morgan fingerprint density at radius 1 is 1.47 bits per heavy atom. The van der Waals surface area contributed by atoms with Crippen LogP contribution in [0.25, 0.3) is 0 Å². The molecule has 1 amide bonds. The quantitative estimate of drug-likeness (QED) is 0.714. The van der Waals surface area contributed by atoms with Gasteiger partial charge in [-0.3, -0.25) is 4.79 Å². The third-order valence-corrected chi connectivity index (χ3v) is 2.43. The van der Waals surface area contributed by atoms with Crippen molar-refractivity contribution in [1.29, 1.82) is 0 Å². The maximum absolute atomic E-state index is 11.7. The smallest absolute Gasteiger partial charge is 0.371 e. The Hall–Kier alpha value is -0.820. The molecule has 0 aromatic rings. The topological polar surface area (TPSA) is 50.4 Å². The van der Waals surface area contributed by atoms with Gasteiger partial charge in [0.25, 0.3) is 0 Å². The fourth-order valence-electron chi connectivity index (χ4n) is 1.67. The average Bonchev–Trinajstić information content (AvgIpc) is 2.40. The van der Waals surface area contributed by atoms with E-state index < -0.39 is 12.8 Å². The molecule has 1 unspecified atom stereocenters. The molecule has 1 aliphatic heterocycles. The number of alkyl halides is 3. The zero-order valence-electron chi connectivity index (χ0n) is 9.48. The van der Waals surface area contributed by atoms with Crippen LogP contribution in [0.2, 0.25) is 0 Å². The van der Waals surface area contributed by atoms with Crippen molar-refractivity contribution in [3.05, 3.63) is 0 Å². The van der Waals surface area contributed by atoms with E-state index in [1.165, 1.54) is 0 Å². The van der Waals surface area contributed by atoms with Crippen LogP contribution in [-0.4, -0.2) is 44.4 Å². The molecular formula is C10H17F3N2O2. The number of carbonyl (C=O) groups excluding carboxylic acids is 1. The minimum atomic E-state index is -4.28. The molecule has 1 rings (SSSR count). The highest BCUT2D eigenvalue weighted by Crippen LogP contribution is 2.14. The highest BCUT2D eigenvalue weighted by atomic mass is 19.4. The first kappa shape index (κ1) is 14.2. The molecule has 0 aromatic heterocycles. The average molecular weight is 254 g/mol. The summed E-state index contributed by atoms with van der Waals surface area (Å²) in [6.45, 7) is -0.229. The zero-order valence-corrected chi connectivity index (χ0v) is 9.48. The molecule has 100 valence electrons. The van der Waals surface area contributed by atoms with Crippen LogP contribution >= 0.6 is 0 Å².